The number of hydrogen-bond acceptors (Lipinski definition) is 3. The van der Waals surface area contributed by atoms with Crippen LogP contribution in [0.2, 0.25) is 0 Å². The summed E-state index contributed by atoms with van der Waals surface area (Å²) in [5.74, 6) is 0.626. The molecule has 0 aromatic carbocycles. The van der Waals surface area contributed by atoms with Crippen molar-refractivity contribution in [1.29, 1.82) is 0 Å². The van der Waals surface area contributed by atoms with Crippen LogP contribution in [-0.4, -0.2) is 80.7 Å². The van der Waals surface area contributed by atoms with Crippen molar-refractivity contribution in [3.8, 4) is 0 Å². The summed E-state index contributed by atoms with van der Waals surface area (Å²) in [6, 6.07) is 0. The molecular weight excluding hydrogens is 244 g/mol. The molecule has 0 aliphatic rings. The second-order valence-electron chi connectivity index (χ2n) is 5.68. The maximum atomic E-state index is 5.48. The second-order valence-corrected chi connectivity index (χ2v) is 6.07. The molecule has 0 amide bonds. The van der Waals surface area contributed by atoms with E-state index in [1.54, 1.807) is 0 Å². The van der Waals surface area contributed by atoms with E-state index in [1.807, 2.05) is 0 Å². The molecule has 108 valence electrons. The average Bonchev–Trinajstić information content (AvgIpc) is 2.22. The van der Waals surface area contributed by atoms with E-state index >= 15 is 0 Å². The number of thiocarbonyl (C=S) groups is 1. The molecule has 0 bridgehead atoms. The first-order chi connectivity index (χ1) is 8.32. The minimum Gasteiger partial charge on any atom is -0.361 e. The van der Waals surface area contributed by atoms with E-state index in [-0.39, 0.29) is 0 Å². The van der Waals surface area contributed by atoms with Crippen molar-refractivity contribution in [2.24, 2.45) is 5.92 Å². The van der Waals surface area contributed by atoms with Gasteiger partial charge in [-0.2, -0.15) is 0 Å². The predicted molar refractivity (Wildman–Crippen MR) is 84.1 cm³/mol. The Hall–Kier alpha value is -0.390. The summed E-state index contributed by atoms with van der Waals surface area (Å²) < 4.78 is 0. The summed E-state index contributed by atoms with van der Waals surface area (Å²) in [5.41, 5.74) is 0. The normalized spacial score (nSPS) is 11.4. The highest BCUT2D eigenvalue weighted by Crippen LogP contribution is 1.99. The van der Waals surface area contributed by atoms with Gasteiger partial charge in [0.2, 0.25) is 0 Å². The van der Waals surface area contributed by atoms with Gasteiger partial charge in [-0.25, -0.2) is 0 Å². The standard InChI is InChI=1S/C13H30N4S/c1-12(2)11-17(10-9-16(5)6)13(18)14-7-8-15(3)4/h12H,7-11H2,1-6H3,(H,14,18). The van der Waals surface area contributed by atoms with E-state index in [9.17, 15) is 0 Å². The molecule has 5 heteroatoms. The lowest BCUT2D eigenvalue weighted by Gasteiger charge is -2.29. The highest BCUT2D eigenvalue weighted by atomic mass is 32.1. The first kappa shape index (κ1) is 17.6. The fourth-order valence-electron chi connectivity index (χ4n) is 1.54. The number of hydrogen-bond donors (Lipinski definition) is 1. The highest BCUT2D eigenvalue weighted by molar-refractivity contribution is 7.80. The lowest BCUT2D eigenvalue weighted by Crippen LogP contribution is -2.46. The molecule has 0 aromatic rings. The topological polar surface area (TPSA) is 21.8 Å². The minimum atomic E-state index is 0.626. The van der Waals surface area contributed by atoms with E-state index in [0.717, 1.165) is 37.8 Å². The van der Waals surface area contributed by atoms with Gasteiger partial charge in [0.25, 0.3) is 0 Å². The van der Waals surface area contributed by atoms with Gasteiger partial charge in [0.15, 0.2) is 5.11 Å². The van der Waals surface area contributed by atoms with Gasteiger partial charge in [0.1, 0.15) is 0 Å². The zero-order valence-corrected chi connectivity index (χ0v) is 13.7. The van der Waals surface area contributed by atoms with Crippen molar-refractivity contribution in [1.82, 2.24) is 20.0 Å². The molecule has 0 atom stereocenters. The van der Waals surface area contributed by atoms with E-state index in [0.29, 0.717) is 5.92 Å². The average molecular weight is 274 g/mol. The molecule has 0 rings (SSSR count). The summed E-state index contributed by atoms with van der Waals surface area (Å²) in [7, 11) is 8.33. The molecule has 0 fully saturated rings. The van der Waals surface area contributed by atoms with Gasteiger partial charge in [0, 0.05) is 32.7 Å². The molecule has 4 nitrogen and oxygen atoms in total. The van der Waals surface area contributed by atoms with Crippen LogP contribution < -0.4 is 5.32 Å². The monoisotopic (exact) mass is 274 g/mol. The Morgan fingerprint density at radius 1 is 1.00 bits per heavy atom. The third-order valence-electron chi connectivity index (χ3n) is 2.53. The summed E-state index contributed by atoms with van der Waals surface area (Å²) in [6.07, 6.45) is 0. The second kappa shape index (κ2) is 9.53. The van der Waals surface area contributed by atoms with Crippen LogP contribution in [-0.2, 0) is 0 Å². The molecular formula is C13H30N4S. The third kappa shape index (κ3) is 9.62. The van der Waals surface area contributed by atoms with Crippen molar-refractivity contribution in [3.63, 3.8) is 0 Å². The highest BCUT2D eigenvalue weighted by Gasteiger charge is 2.11. The van der Waals surface area contributed by atoms with Crippen LogP contribution in [0.5, 0.6) is 0 Å². The lowest BCUT2D eigenvalue weighted by molar-refractivity contribution is 0.303. The van der Waals surface area contributed by atoms with E-state index in [4.69, 9.17) is 12.2 Å². The number of rotatable bonds is 8. The van der Waals surface area contributed by atoms with Crippen molar-refractivity contribution in [2.45, 2.75) is 13.8 Å². The molecule has 0 saturated heterocycles. The molecule has 1 N–H and O–H groups in total. The van der Waals surface area contributed by atoms with Crippen LogP contribution in [0.4, 0.5) is 0 Å². The number of likely N-dealkylation sites (N-methyl/N-ethyl adjacent to an activating group) is 2. The Morgan fingerprint density at radius 3 is 2.00 bits per heavy atom. The molecule has 0 aliphatic carbocycles. The largest absolute Gasteiger partial charge is 0.361 e. The predicted octanol–water partition coefficient (Wildman–Crippen LogP) is 0.942. The summed E-state index contributed by atoms with van der Waals surface area (Å²) in [4.78, 5) is 6.62. The zero-order chi connectivity index (χ0) is 14.1. The van der Waals surface area contributed by atoms with Gasteiger partial charge in [-0.05, 0) is 46.3 Å². The lowest BCUT2D eigenvalue weighted by atomic mass is 10.2. The molecule has 18 heavy (non-hydrogen) atoms. The molecule has 0 aromatic heterocycles. The van der Waals surface area contributed by atoms with Crippen LogP contribution in [0, 0.1) is 5.92 Å². The quantitative estimate of drug-likeness (QED) is 0.663. The van der Waals surface area contributed by atoms with Crippen LogP contribution >= 0.6 is 12.2 Å². The number of nitrogens with zero attached hydrogens (tertiary/aromatic N) is 3. The maximum absolute atomic E-state index is 5.48. The minimum absolute atomic E-state index is 0.626. The first-order valence-corrected chi connectivity index (χ1v) is 7.06. The molecule has 0 heterocycles. The Morgan fingerprint density at radius 2 is 1.56 bits per heavy atom. The molecule has 0 radical (unpaired) electrons. The maximum Gasteiger partial charge on any atom is 0.169 e. The summed E-state index contributed by atoms with van der Waals surface area (Å²) in [6.45, 7) is 9.39. The third-order valence-corrected chi connectivity index (χ3v) is 2.93. The van der Waals surface area contributed by atoms with Gasteiger partial charge in [0.05, 0.1) is 0 Å². The van der Waals surface area contributed by atoms with Crippen molar-refractivity contribution >= 4 is 17.3 Å². The number of nitrogens with one attached hydrogen (secondary N) is 1. The van der Waals surface area contributed by atoms with Crippen LogP contribution in [0.1, 0.15) is 13.8 Å². The van der Waals surface area contributed by atoms with Crippen LogP contribution in [0.3, 0.4) is 0 Å². The van der Waals surface area contributed by atoms with Gasteiger partial charge in [-0.1, -0.05) is 13.8 Å². The molecule has 0 unspecified atom stereocenters. The summed E-state index contributed by atoms with van der Waals surface area (Å²) in [5, 5.41) is 4.22. The van der Waals surface area contributed by atoms with E-state index < -0.39 is 0 Å². The Balaban J connectivity index is 4.13. The smallest absolute Gasteiger partial charge is 0.169 e. The van der Waals surface area contributed by atoms with Gasteiger partial charge >= 0.3 is 0 Å². The Labute approximate surface area is 118 Å². The van der Waals surface area contributed by atoms with Gasteiger partial charge < -0.3 is 20.0 Å². The van der Waals surface area contributed by atoms with Crippen LogP contribution in [0.15, 0.2) is 0 Å². The molecule has 0 saturated carbocycles. The zero-order valence-electron chi connectivity index (χ0n) is 12.9. The molecule has 0 spiro atoms. The van der Waals surface area contributed by atoms with Crippen molar-refractivity contribution in [2.75, 3.05) is 60.9 Å². The first-order valence-electron chi connectivity index (χ1n) is 6.65. The fourth-order valence-corrected chi connectivity index (χ4v) is 1.80. The molecule has 0 aliphatic heterocycles. The summed E-state index contributed by atoms with van der Waals surface area (Å²) >= 11 is 5.48. The van der Waals surface area contributed by atoms with Gasteiger partial charge in [-0.3, -0.25) is 0 Å². The Bertz CT molecular complexity index is 229. The SMILES string of the molecule is CC(C)CN(CCN(C)C)C(=S)NCCN(C)C. The van der Waals surface area contributed by atoms with Gasteiger partial charge in [-0.15, -0.1) is 0 Å². The van der Waals surface area contributed by atoms with E-state index in [1.165, 1.54) is 0 Å². The van der Waals surface area contributed by atoms with Crippen molar-refractivity contribution < 1.29 is 0 Å². The van der Waals surface area contributed by atoms with E-state index in [2.05, 4.69) is 62.1 Å². The van der Waals surface area contributed by atoms with Crippen molar-refractivity contribution in [3.05, 3.63) is 0 Å². The Kier molecular flexibility index (Phi) is 9.32. The van der Waals surface area contributed by atoms with Crippen LogP contribution in [0.25, 0.3) is 0 Å². The fraction of sp³-hybridized carbons (Fsp3) is 0.923.